The first-order chi connectivity index (χ1) is 14.9. The Labute approximate surface area is 186 Å². The summed E-state index contributed by atoms with van der Waals surface area (Å²) in [5.41, 5.74) is 2.19. The lowest BCUT2D eigenvalue weighted by molar-refractivity contribution is -0.124. The third-order valence-corrected chi connectivity index (χ3v) is 5.80. The molecule has 3 aromatic rings. The number of rotatable bonds is 8. The molecule has 7 nitrogen and oxygen atoms in total. The average molecular weight is 438 g/mol. The molecule has 1 unspecified atom stereocenters. The van der Waals surface area contributed by atoms with Crippen molar-refractivity contribution in [3.05, 3.63) is 71.0 Å². The highest BCUT2D eigenvalue weighted by Crippen LogP contribution is 2.30. The first-order valence-electron chi connectivity index (χ1n) is 10.3. The van der Waals surface area contributed by atoms with Crippen LogP contribution in [0, 0.1) is 0 Å². The van der Waals surface area contributed by atoms with Crippen LogP contribution in [-0.4, -0.2) is 31.9 Å². The lowest BCUT2D eigenvalue weighted by atomic mass is 9.98. The van der Waals surface area contributed by atoms with E-state index < -0.39 is 11.6 Å². The zero-order valence-electron chi connectivity index (χ0n) is 18.2. The Morgan fingerprint density at radius 1 is 1.10 bits per heavy atom. The van der Waals surface area contributed by atoms with Gasteiger partial charge in [0, 0.05) is 29.0 Å². The minimum absolute atomic E-state index is 0.200. The SMILES string of the molecule is CCc1ccc(N(C(=O)c2csnn2)C(C(=O)NC(C)(C)CC)c2ccncc2)cc1. The number of carbonyl (C=O) groups is 2. The molecule has 8 heteroatoms. The van der Waals surface area contributed by atoms with Crippen molar-refractivity contribution in [2.45, 2.75) is 52.1 Å². The molecular formula is C23H27N5O2S. The summed E-state index contributed by atoms with van der Waals surface area (Å²) in [6.07, 6.45) is 4.86. The van der Waals surface area contributed by atoms with Crippen LogP contribution in [0.25, 0.3) is 0 Å². The summed E-state index contributed by atoms with van der Waals surface area (Å²) < 4.78 is 3.83. The maximum absolute atomic E-state index is 13.6. The topological polar surface area (TPSA) is 88.1 Å². The van der Waals surface area contributed by atoms with Crippen LogP contribution in [0.1, 0.15) is 61.8 Å². The number of amides is 2. The average Bonchev–Trinajstić information content (AvgIpc) is 3.32. The lowest BCUT2D eigenvalue weighted by Crippen LogP contribution is -2.50. The number of hydrogen-bond donors (Lipinski definition) is 1. The van der Waals surface area contributed by atoms with Gasteiger partial charge in [-0.05, 0) is 73.6 Å². The first-order valence-corrected chi connectivity index (χ1v) is 11.1. The summed E-state index contributed by atoms with van der Waals surface area (Å²) in [5.74, 6) is -0.654. The lowest BCUT2D eigenvalue weighted by Gasteiger charge is -2.34. The summed E-state index contributed by atoms with van der Waals surface area (Å²) in [5, 5.41) is 8.64. The van der Waals surface area contributed by atoms with E-state index in [-0.39, 0.29) is 17.5 Å². The molecule has 2 aromatic heterocycles. The van der Waals surface area contributed by atoms with Crippen LogP contribution < -0.4 is 10.2 Å². The minimum Gasteiger partial charge on any atom is -0.349 e. The number of aryl methyl sites for hydroxylation is 1. The van der Waals surface area contributed by atoms with Crippen molar-refractivity contribution < 1.29 is 9.59 Å². The molecule has 0 aliphatic rings. The molecule has 0 aliphatic carbocycles. The van der Waals surface area contributed by atoms with Crippen LogP contribution in [0.2, 0.25) is 0 Å². The third-order valence-electron chi connectivity index (χ3n) is 5.29. The highest BCUT2D eigenvalue weighted by atomic mass is 32.1. The van der Waals surface area contributed by atoms with Gasteiger partial charge in [0.1, 0.15) is 6.04 Å². The molecule has 162 valence electrons. The molecular weight excluding hydrogens is 410 g/mol. The molecule has 1 atom stereocenters. The summed E-state index contributed by atoms with van der Waals surface area (Å²) in [4.78, 5) is 32.7. The second-order valence-electron chi connectivity index (χ2n) is 7.90. The van der Waals surface area contributed by atoms with Crippen molar-refractivity contribution in [2.24, 2.45) is 0 Å². The first kappa shape index (κ1) is 22.6. The van der Waals surface area contributed by atoms with Crippen LogP contribution in [0.4, 0.5) is 5.69 Å². The Kier molecular flexibility index (Phi) is 7.12. The van der Waals surface area contributed by atoms with Gasteiger partial charge < -0.3 is 5.32 Å². The van der Waals surface area contributed by atoms with Gasteiger partial charge in [0.05, 0.1) is 0 Å². The number of anilines is 1. The molecule has 2 amide bonds. The molecule has 0 radical (unpaired) electrons. The van der Waals surface area contributed by atoms with Gasteiger partial charge in [-0.15, -0.1) is 5.10 Å². The van der Waals surface area contributed by atoms with Crippen LogP contribution >= 0.6 is 11.5 Å². The zero-order valence-corrected chi connectivity index (χ0v) is 19.0. The molecule has 0 saturated carbocycles. The minimum atomic E-state index is -0.893. The molecule has 0 bridgehead atoms. The fourth-order valence-electron chi connectivity index (χ4n) is 3.11. The Hall–Kier alpha value is -3.13. The van der Waals surface area contributed by atoms with Gasteiger partial charge >= 0.3 is 0 Å². The van der Waals surface area contributed by atoms with E-state index in [1.807, 2.05) is 45.0 Å². The summed E-state index contributed by atoms with van der Waals surface area (Å²) in [7, 11) is 0. The van der Waals surface area contributed by atoms with Gasteiger partial charge in [-0.2, -0.15) is 0 Å². The predicted molar refractivity (Wildman–Crippen MR) is 122 cm³/mol. The molecule has 1 N–H and O–H groups in total. The Balaban J connectivity index is 2.13. The van der Waals surface area contributed by atoms with Crippen LogP contribution in [0.15, 0.2) is 54.2 Å². The van der Waals surface area contributed by atoms with Gasteiger partial charge in [0.15, 0.2) is 5.69 Å². The number of pyridine rings is 1. The molecule has 0 saturated heterocycles. The largest absolute Gasteiger partial charge is 0.349 e. The second-order valence-corrected chi connectivity index (χ2v) is 8.50. The molecule has 3 rings (SSSR count). The van der Waals surface area contributed by atoms with Gasteiger partial charge in [-0.1, -0.05) is 30.5 Å². The normalized spacial score (nSPS) is 12.3. The molecule has 0 aliphatic heterocycles. The Bertz CT molecular complexity index is 1000. The highest BCUT2D eigenvalue weighted by Gasteiger charge is 2.36. The van der Waals surface area contributed by atoms with E-state index in [0.29, 0.717) is 11.3 Å². The number of benzene rings is 1. The Morgan fingerprint density at radius 2 is 1.77 bits per heavy atom. The fraction of sp³-hybridized carbons (Fsp3) is 0.348. The molecule has 1 aromatic carbocycles. The van der Waals surface area contributed by atoms with Crippen LogP contribution in [0.3, 0.4) is 0 Å². The summed E-state index contributed by atoms with van der Waals surface area (Å²) >= 11 is 1.10. The standard InChI is InChI=1S/C23H27N5O2S/c1-5-16-7-9-18(10-8-16)28(22(30)19-15-31-27-26-19)20(17-11-13-24-14-12-17)21(29)25-23(3,4)6-2/h7-15,20H,5-6H2,1-4H3,(H,25,29). The van der Waals surface area contributed by atoms with E-state index in [2.05, 4.69) is 26.8 Å². The number of nitrogens with zero attached hydrogens (tertiary/aromatic N) is 4. The van der Waals surface area contributed by atoms with Crippen molar-refractivity contribution in [3.63, 3.8) is 0 Å². The third kappa shape index (κ3) is 5.32. The quantitative estimate of drug-likeness (QED) is 0.571. The monoisotopic (exact) mass is 437 g/mol. The second kappa shape index (κ2) is 9.78. The molecule has 31 heavy (non-hydrogen) atoms. The fourth-order valence-corrected chi connectivity index (χ4v) is 3.54. The Morgan fingerprint density at radius 3 is 2.32 bits per heavy atom. The van der Waals surface area contributed by atoms with E-state index >= 15 is 0 Å². The molecule has 2 heterocycles. The van der Waals surface area contributed by atoms with Gasteiger partial charge in [0.2, 0.25) is 5.91 Å². The van der Waals surface area contributed by atoms with Crippen molar-refractivity contribution >= 4 is 29.0 Å². The molecule has 0 fully saturated rings. The van der Waals surface area contributed by atoms with E-state index in [0.717, 1.165) is 29.9 Å². The van der Waals surface area contributed by atoms with Gasteiger partial charge in [0.25, 0.3) is 5.91 Å². The van der Waals surface area contributed by atoms with E-state index in [9.17, 15) is 9.59 Å². The van der Waals surface area contributed by atoms with Crippen molar-refractivity contribution in [3.8, 4) is 0 Å². The van der Waals surface area contributed by atoms with Crippen molar-refractivity contribution in [2.75, 3.05) is 4.90 Å². The number of carbonyl (C=O) groups excluding carboxylic acids is 2. The number of aromatic nitrogens is 3. The molecule has 0 spiro atoms. The maximum atomic E-state index is 13.6. The van der Waals surface area contributed by atoms with Gasteiger partial charge in [-0.25, -0.2) is 0 Å². The summed E-state index contributed by atoms with van der Waals surface area (Å²) in [6, 6.07) is 10.3. The van der Waals surface area contributed by atoms with E-state index in [1.54, 1.807) is 29.9 Å². The van der Waals surface area contributed by atoms with E-state index in [4.69, 9.17) is 0 Å². The van der Waals surface area contributed by atoms with Crippen LogP contribution in [0.5, 0.6) is 0 Å². The predicted octanol–water partition coefficient (Wildman–Crippen LogP) is 4.19. The number of nitrogens with one attached hydrogen (secondary N) is 1. The van der Waals surface area contributed by atoms with Gasteiger partial charge in [-0.3, -0.25) is 19.5 Å². The maximum Gasteiger partial charge on any atom is 0.280 e. The smallest absolute Gasteiger partial charge is 0.280 e. The van der Waals surface area contributed by atoms with Crippen molar-refractivity contribution in [1.29, 1.82) is 0 Å². The van der Waals surface area contributed by atoms with E-state index in [1.165, 1.54) is 4.90 Å². The zero-order chi connectivity index (χ0) is 22.4. The van der Waals surface area contributed by atoms with Crippen molar-refractivity contribution in [1.82, 2.24) is 19.9 Å². The summed E-state index contributed by atoms with van der Waals surface area (Å²) in [6.45, 7) is 8.00. The van der Waals surface area contributed by atoms with Crippen LogP contribution in [-0.2, 0) is 11.2 Å². The number of hydrogen-bond acceptors (Lipinski definition) is 6. The highest BCUT2D eigenvalue weighted by molar-refractivity contribution is 7.03.